The van der Waals surface area contributed by atoms with Gasteiger partial charge in [0, 0.05) is 6.20 Å². The molecule has 1 fully saturated rings. The van der Waals surface area contributed by atoms with E-state index in [2.05, 4.69) is 25.9 Å². The molecule has 13 heavy (non-hydrogen) atoms. The first-order valence-electron chi connectivity index (χ1n) is 4.42. The molecule has 1 aromatic heterocycles. The molecule has 4 heteroatoms. The number of halogens is 1. The smallest absolute Gasteiger partial charge is 0.196 e. The third-order valence-electron chi connectivity index (χ3n) is 2.53. The van der Waals surface area contributed by atoms with Gasteiger partial charge in [0.15, 0.2) is 4.73 Å². The van der Waals surface area contributed by atoms with Gasteiger partial charge in [-0.3, -0.25) is 0 Å². The Kier molecular flexibility index (Phi) is 2.34. The Labute approximate surface area is 85.4 Å². The first-order chi connectivity index (χ1) is 6.21. The van der Waals surface area contributed by atoms with Crippen molar-refractivity contribution < 1.29 is 5.11 Å². The summed E-state index contributed by atoms with van der Waals surface area (Å²) in [5.41, 5.74) is 0.0396. The van der Waals surface area contributed by atoms with Crippen LogP contribution in [-0.2, 0) is 5.60 Å². The SMILES string of the molecule is OC1(c2ccnc(Br)n2)CCCC1. The van der Waals surface area contributed by atoms with Crippen molar-refractivity contribution in [3.63, 3.8) is 0 Å². The molecule has 0 saturated heterocycles. The van der Waals surface area contributed by atoms with E-state index in [1.807, 2.05) is 0 Å². The Morgan fingerprint density at radius 1 is 1.38 bits per heavy atom. The van der Waals surface area contributed by atoms with Crippen LogP contribution >= 0.6 is 15.9 Å². The van der Waals surface area contributed by atoms with Gasteiger partial charge in [-0.05, 0) is 34.8 Å². The lowest BCUT2D eigenvalue weighted by atomic mass is 9.98. The molecule has 1 aromatic rings. The highest BCUT2D eigenvalue weighted by molar-refractivity contribution is 9.10. The molecule has 1 aliphatic carbocycles. The maximum absolute atomic E-state index is 10.2. The van der Waals surface area contributed by atoms with Crippen molar-refractivity contribution in [3.05, 3.63) is 22.7 Å². The van der Waals surface area contributed by atoms with Crippen LogP contribution in [0.4, 0.5) is 0 Å². The van der Waals surface area contributed by atoms with Gasteiger partial charge in [0.25, 0.3) is 0 Å². The molecule has 1 N–H and O–H groups in total. The van der Waals surface area contributed by atoms with Crippen molar-refractivity contribution in [2.45, 2.75) is 31.3 Å². The number of aliphatic hydroxyl groups is 1. The summed E-state index contributed by atoms with van der Waals surface area (Å²) in [5.74, 6) is 0. The van der Waals surface area contributed by atoms with Crippen LogP contribution in [0, 0.1) is 0 Å². The van der Waals surface area contributed by atoms with Gasteiger partial charge in [-0.15, -0.1) is 0 Å². The maximum Gasteiger partial charge on any atom is 0.196 e. The van der Waals surface area contributed by atoms with Gasteiger partial charge in [0.05, 0.1) is 5.69 Å². The summed E-state index contributed by atoms with van der Waals surface area (Å²) in [4.78, 5) is 8.12. The molecule has 0 spiro atoms. The van der Waals surface area contributed by atoms with E-state index < -0.39 is 5.60 Å². The van der Waals surface area contributed by atoms with Crippen LogP contribution < -0.4 is 0 Å². The molecule has 1 heterocycles. The van der Waals surface area contributed by atoms with Crippen LogP contribution in [0.5, 0.6) is 0 Å². The predicted molar refractivity (Wildman–Crippen MR) is 52.1 cm³/mol. The third kappa shape index (κ3) is 1.74. The molecular weight excluding hydrogens is 232 g/mol. The molecule has 1 saturated carbocycles. The summed E-state index contributed by atoms with van der Waals surface area (Å²) >= 11 is 3.20. The Balaban J connectivity index is 2.33. The fourth-order valence-corrected chi connectivity index (χ4v) is 2.12. The second-order valence-corrected chi connectivity index (χ2v) is 4.16. The van der Waals surface area contributed by atoms with Gasteiger partial charge in [-0.2, -0.15) is 0 Å². The first kappa shape index (κ1) is 9.09. The molecule has 3 nitrogen and oxygen atoms in total. The van der Waals surface area contributed by atoms with E-state index in [0.717, 1.165) is 31.4 Å². The Morgan fingerprint density at radius 2 is 2.08 bits per heavy atom. The van der Waals surface area contributed by atoms with Crippen molar-refractivity contribution in [1.29, 1.82) is 0 Å². The molecule has 0 unspecified atom stereocenters. The van der Waals surface area contributed by atoms with E-state index in [9.17, 15) is 5.11 Å². The molecule has 0 bridgehead atoms. The van der Waals surface area contributed by atoms with E-state index >= 15 is 0 Å². The standard InChI is InChI=1S/C9H11BrN2O/c10-8-11-6-3-7(12-8)9(13)4-1-2-5-9/h3,6,13H,1-2,4-5H2. The highest BCUT2D eigenvalue weighted by Crippen LogP contribution is 2.37. The summed E-state index contributed by atoms with van der Waals surface area (Å²) in [5, 5.41) is 10.2. The molecule has 0 atom stereocenters. The zero-order chi connectivity index (χ0) is 9.31. The van der Waals surface area contributed by atoms with Crippen molar-refractivity contribution in [1.82, 2.24) is 9.97 Å². The topological polar surface area (TPSA) is 46.0 Å². The highest BCUT2D eigenvalue weighted by Gasteiger charge is 2.34. The number of hydrogen-bond acceptors (Lipinski definition) is 3. The van der Waals surface area contributed by atoms with Gasteiger partial charge in [0.2, 0.25) is 0 Å². The van der Waals surface area contributed by atoms with Crippen LogP contribution in [0.25, 0.3) is 0 Å². The van der Waals surface area contributed by atoms with Gasteiger partial charge in [0.1, 0.15) is 5.60 Å². The van der Waals surface area contributed by atoms with Crippen LogP contribution in [0.15, 0.2) is 17.0 Å². The average Bonchev–Trinajstić information content (AvgIpc) is 2.54. The minimum atomic E-state index is -0.703. The summed E-state index contributed by atoms with van der Waals surface area (Å²) in [7, 11) is 0. The Bertz CT molecular complexity index is 310. The van der Waals surface area contributed by atoms with E-state index in [4.69, 9.17) is 0 Å². The van der Waals surface area contributed by atoms with Gasteiger partial charge in [-0.1, -0.05) is 12.8 Å². The summed E-state index contributed by atoms with van der Waals surface area (Å²) in [6.45, 7) is 0. The lowest BCUT2D eigenvalue weighted by Gasteiger charge is -2.20. The quantitative estimate of drug-likeness (QED) is 0.767. The first-order valence-corrected chi connectivity index (χ1v) is 5.21. The van der Waals surface area contributed by atoms with Crippen molar-refractivity contribution >= 4 is 15.9 Å². The molecule has 1 aliphatic rings. The fourth-order valence-electron chi connectivity index (χ4n) is 1.81. The monoisotopic (exact) mass is 242 g/mol. The summed E-state index contributed by atoms with van der Waals surface area (Å²) < 4.78 is 0.547. The van der Waals surface area contributed by atoms with Crippen molar-refractivity contribution in [2.75, 3.05) is 0 Å². The molecule has 0 aliphatic heterocycles. The van der Waals surface area contributed by atoms with E-state index in [0.29, 0.717) is 4.73 Å². The zero-order valence-electron chi connectivity index (χ0n) is 7.20. The number of nitrogens with zero attached hydrogens (tertiary/aromatic N) is 2. The van der Waals surface area contributed by atoms with Gasteiger partial charge >= 0.3 is 0 Å². The second-order valence-electron chi connectivity index (χ2n) is 3.45. The molecule has 0 radical (unpaired) electrons. The van der Waals surface area contributed by atoms with Crippen LogP contribution in [-0.4, -0.2) is 15.1 Å². The molecular formula is C9H11BrN2O. The summed E-state index contributed by atoms with van der Waals surface area (Å²) in [6.07, 6.45) is 5.46. The van der Waals surface area contributed by atoms with Crippen LogP contribution in [0.2, 0.25) is 0 Å². The van der Waals surface area contributed by atoms with E-state index in [1.54, 1.807) is 12.3 Å². The lowest BCUT2D eigenvalue weighted by Crippen LogP contribution is -2.22. The summed E-state index contributed by atoms with van der Waals surface area (Å²) in [6, 6.07) is 1.79. The third-order valence-corrected chi connectivity index (χ3v) is 2.92. The van der Waals surface area contributed by atoms with Gasteiger partial charge < -0.3 is 5.11 Å². The Hall–Kier alpha value is -0.480. The van der Waals surface area contributed by atoms with Crippen LogP contribution in [0.3, 0.4) is 0 Å². The predicted octanol–water partition coefficient (Wildman–Crippen LogP) is 2.00. The normalized spacial score (nSPS) is 20.5. The van der Waals surface area contributed by atoms with Crippen molar-refractivity contribution in [2.24, 2.45) is 0 Å². The average molecular weight is 243 g/mol. The van der Waals surface area contributed by atoms with E-state index in [1.165, 1.54) is 0 Å². The number of rotatable bonds is 1. The molecule has 70 valence electrons. The number of aromatic nitrogens is 2. The van der Waals surface area contributed by atoms with E-state index in [-0.39, 0.29) is 0 Å². The second kappa shape index (κ2) is 3.35. The molecule has 2 rings (SSSR count). The Morgan fingerprint density at radius 3 is 2.69 bits per heavy atom. The fraction of sp³-hybridized carbons (Fsp3) is 0.556. The zero-order valence-corrected chi connectivity index (χ0v) is 8.79. The highest BCUT2D eigenvalue weighted by atomic mass is 79.9. The number of hydrogen-bond donors (Lipinski definition) is 1. The molecule has 0 amide bonds. The maximum atomic E-state index is 10.2. The van der Waals surface area contributed by atoms with Crippen LogP contribution in [0.1, 0.15) is 31.4 Å². The minimum absolute atomic E-state index is 0.547. The minimum Gasteiger partial charge on any atom is -0.384 e. The lowest BCUT2D eigenvalue weighted by molar-refractivity contribution is 0.0396. The largest absolute Gasteiger partial charge is 0.384 e. The van der Waals surface area contributed by atoms with Crippen molar-refractivity contribution in [3.8, 4) is 0 Å². The van der Waals surface area contributed by atoms with Gasteiger partial charge in [-0.25, -0.2) is 9.97 Å². The molecule has 0 aromatic carbocycles.